The predicted octanol–water partition coefficient (Wildman–Crippen LogP) is 2.76. The number of pyridine rings is 1. The average Bonchev–Trinajstić information content (AvgIpc) is 3.03. The molecule has 3 rings (SSSR count). The summed E-state index contributed by atoms with van der Waals surface area (Å²) in [6, 6.07) is 5.94. The summed E-state index contributed by atoms with van der Waals surface area (Å²) < 4.78 is 5.19. The normalized spacial score (nSPS) is 10.9. The van der Waals surface area contributed by atoms with Crippen LogP contribution in [-0.4, -0.2) is 36.2 Å². The molecule has 0 bridgehead atoms. The lowest BCUT2D eigenvalue weighted by Crippen LogP contribution is -2.10. The molecule has 3 aromatic heterocycles. The summed E-state index contributed by atoms with van der Waals surface area (Å²) in [7, 11) is 5.59. The van der Waals surface area contributed by atoms with Gasteiger partial charge in [-0.3, -0.25) is 0 Å². The number of hydrogen-bond donors (Lipinski definition) is 1. The molecule has 6 heteroatoms. The first-order chi connectivity index (χ1) is 9.17. The summed E-state index contributed by atoms with van der Waals surface area (Å²) in [6.07, 6.45) is 0. The maximum Gasteiger partial charge on any atom is 0.180 e. The number of nitrogens with one attached hydrogen (secondary N) is 1. The van der Waals surface area contributed by atoms with Crippen LogP contribution in [0.1, 0.15) is 0 Å². The van der Waals surface area contributed by atoms with Crippen LogP contribution in [0.2, 0.25) is 0 Å². The second-order valence-electron chi connectivity index (χ2n) is 4.37. The second kappa shape index (κ2) is 4.55. The molecule has 0 amide bonds. The van der Waals surface area contributed by atoms with E-state index in [1.165, 1.54) is 0 Å². The molecule has 0 atom stereocenters. The molecule has 0 fully saturated rings. The van der Waals surface area contributed by atoms with Crippen LogP contribution < -0.4 is 9.64 Å². The first kappa shape index (κ1) is 12.0. The number of thiophene rings is 1. The summed E-state index contributed by atoms with van der Waals surface area (Å²) in [4.78, 5) is 15.3. The van der Waals surface area contributed by atoms with Crippen LogP contribution in [-0.2, 0) is 0 Å². The second-order valence-corrected chi connectivity index (χ2v) is 5.28. The van der Waals surface area contributed by atoms with E-state index in [4.69, 9.17) is 4.74 Å². The van der Waals surface area contributed by atoms with Crippen LogP contribution in [0.3, 0.4) is 0 Å². The van der Waals surface area contributed by atoms with Crippen LogP contribution in [0, 0.1) is 0 Å². The third kappa shape index (κ3) is 2.15. The largest absolute Gasteiger partial charge is 0.496 e. The number of H-pyrrole nitrogens is 1. The van der Waals surface area contributed by atoms with Crippen LogP contribution in [0.4, 0.5) is 5.82 Å². The van der Waals surface area contributed by atoms with Gasteiger partial charge in [-0.25, -0.2) is 9.97 Å². The minimum Gasteiger partial charge on any atom is -0.496 e. The Morgan fingerprint density at radius 3 is 2.79 bits per heavy atom. The smallest absolute Gasteiger partial charge is 0.180 e. The molecule has 5 nitrogen and oxygen atoms in total. The maximum atomic E-state index is 5.19. The van der Waals surface area contributed by atoms with Crippen molar-refractivity contribution in [1.29, 1.82) is 0 Å². The Balaban J connectivity index is 2.05. The molecule has 0 unspecified atom stereocenters. The van der Waals surface area contributed by atoms with E-state index in [0.717, 1.165) is 33.4 Å². The van der Waals surface area contributed by atoms with Crippen molar-refractivity contribution < 1.29 is 4.74 Å². The van der Waals surface area contributed by atoms with Gasteiger partial charge in [-0.2, -0.15) is 0 Å². The quantitative estimate of drug-likeness (QED) is 0.798. The highest BCUT2D eigenvalue weighted by Crippen LogP contribution is 2.30. The van der Waals surface area contributed by atoms with Crippen molar-refractivity contribution in [3.63, 3.8) is 0 Å². The van der Waals surface area contributed by atoms with Gasteiger partial charge in [-0.1, -0.05) is 0 Å². The van der Waals surface area contributed by atoms with Crippen LogP contribution in [0.5, 0.6) is 5.75 Å². The number of nitrogens with zero attached hydrogens (tertiary/aromatic N) is 3. The maximum absolute atomic E-state index is 5.19. The lowest BCUT2D eigenvalue weighted by atomic mass is 10.4. The van der Waals surface area contributed by atoms with Gasteiger partial charge in [0.15, 0.2) is 11.5 Å². The molecule has 0 aliphatic carbocycles. The summed E-state index contributed by atoms with van der Waals surface area (Å²) in [5, 5.41) is 1.96. The Bertz CT molecular complexity index is 716. The summed E-state index contributed by atoms with van der Waals surface area (Å²) in [5.74, 6) is 2.57. The van der Waals surface area contributed by atoms with Crippen molar-refractivity contribution in [3.8, 4) is 16.5 Å². The van der Waals surface area contributed by atoms with Crippen molar-refractivity contribution in [3.05, 3.63) is 23.6 Å². The van der Waals surface area contributed by atoms with E-state index in [9.17, 15) is 0 Å². The van der Waals surface area contributed by atoms with Gasteiger partial charge in [-0.05, 0) is 12.1 Å². The average molecular weight is 274 g/mol. The molecule has 98 valence electrons. The van der Waals surface area contributed by atoms with E-state index in [0.29, 0.717) is 0 Å². The molecule has 0 radical (unpaired) electrons. The van der Waals surface area contributed by atoms with Gasteiger partial charge >= 0.3 is 0 Å². The van der Waals surface area contributed by atoms with Crippen molar-refractivity contribution in [2.45, 2.75) is 0 Å². The monoisotopic (exact) mass is 274 g/mol. The van der Waals surface area contributed by atoms with Crippen LogP contribution >= 0.6 is 11.3 Å². The molecule has 0 aromatic carbocycles. The van der Waals surface area contributed by atoms with E-state index in [2.05, 4.69) is 15.0 Å². The zero-order chi connectivity index (χ0) is 13.4. The number of rotatable bonds is 3. The Hall–Kier alpha value is -2.08. The fourth-order valence-electron chi connectivity index (χ4n) is 1.80. The molecule has 0 spiro atoms. The van der Waals surface area contributed by atoms with Gasteiger partial charge in [0.25, 0.3) is 0 Å². The summed E-state index contributed by atoms with van der Waals surface area (Å²) >= 11 is 1.60. The highest BCUT2D eigenvalue weighted by molar-refractivity contribution is 7.13. The third-order valence-corrected chi connectivity index (χ3v) is 3.75. The van der Waals surface area contributed by atoms with Gasteiger partial charge < -0.3 is 14.6 Å². The molecule has 0 aliphatic heterocycles. The minimum absolute atomic E-state index is 0.730. The van der Waals surface area contributed by atoms with Gasteiger partial charge in [0, 0.05) is 25.5 Å². The van der Waals surface area contributed by atoms with Gasteiger partial charge in [0.1, 0.15) is 11.6 Å². The molecule has 3 aromatic rings. The van der Waals surface area contributed by atoms with Gasteiger partial charge in [-0.15, -0.1) is 11.3 Å². The SMILES string of the molecule is COc1csc(-c2nc3nc(N(C)C)ccc3[nH]2)c1. The topological polar surface area (TPSA) is 54.0 Å². The molecule has 0 saturated carbocycles. The van der Waals surface area contributed by atoms with E-state index < -0.39 is 0 Å². The van der Waals surface area contributed by atoms with Crippen molar-refractivity contribution in [1.82, 2.24) is 15.0 Å². The van der Waals surface area contributed by atoms with Crippen molar-refractivity contribution in [2.24, 2.45) is 0 Å². The Labute approximate surface area is 114 Å². The zero-order valence-corrected chi connectivity index (χ0v) is 11.8. The summed E-state index contributed by atoms with van der Waals surface area (Å²) in [5.41, 5.74) is 1.67. The number of anilines is 1. The number of methoxy groups -OCH3 is 1. The fourth-order valence-corrected chi connectivity index (χ4v) is 2.60. The number of ether oxygens (including phenoxy) is 1. The standard InChI is InChI=1S/C13H14N4OS/c1-17(2)11-5-4-9-12(15-11)16-13(14-9)10-6-8(18-3)7-19-10/h4-7H,1-3H3,(H,14,15,16). The van der Waals surface area contributed by atoms with Crippen LogP contribution in [0.25, 0.3) is 21.9 Å². The number of fused-ring (bicyclic) bond motifs is 1. The van der Waals surface area contributed by atoms with Gasteiger partial charge in [0.2, 0.25) is 0 Å². The molecule has 3 heterocycles. The lowest BCUT2D eigenvalue weighted by Gasteiger charge is -2.09. The highest BCUT2D eigenvalue weighted by atomic mass is 32.1. The number of imidazole rings is 1. The number of aromatic nitrogens is 3. The molecule has 0 saturated heterocycles. The molecule has 0 aliphatic rings. The predicted molar refractivity (Wildman–Crippen MR) is 78.1 cm³/mol. The Morgan fingerprint density at radius 2 is 2.11 bits per heavy atom. The third-order valence-electron chi connectivity index (χ3n) is 2.83. The van der Waals surface area contributed by atoms with E-state index in [-0.39, 0.29) is 0 Å². The zero-order valence-electron chi connectivity index (χ0n) is 11.0. The fraction of sp³-hybridized carbons (Fsp3) is 0.231. The minimum atomic E-state index is 0.730. The molecular formula is C13H14N4OS. The Morgan fingerprint density at radius 1 is 1.26 bits per heavy atom. The first-order valence-electron chi connectivity index (χ1n) is 5.84. The van der Waals surface area contributed by atoms with E-state index >= 15 is 0 Å². The van der Waals surface area contributed by atoms with E-state index in [1.807, 2.05) is 42.6 Å². The summed E-state index contributed by atoms with van der Waals surface area (Å²) in [6.45, 7) is 0. The highest BCUT2D eigenvalue weighted by Gasteiger charge is 2.10. The number of aromatic amines is 1. The van der Waals surface area contributed by atoms with Crippen molar-refractivity contribution in [2.75, 3.05) is 26.1 Å². The Kier molecular flexibility index (Phi) is 2.87. The van der Waals surface area contributed by atoms with Crippen molar-refractivity contribution >= 4 is 28.3 Å². The molecular weight excluding hydrogens is 260 g/mol. The lowest BCUT2D eigenvalue weighted by molar-refractivity contribution is 0.417. The molecule has 19 heavy (non-hydrogen) atoms. The van der Waals surface area contributed by atoms with E-state index in [1.54, 1.807) is 18.4 Å². The first-order valence-corrected chi connectivity index (χ1v) is 6.72. The van der Waals surface area contributed by atoms with Crippen LogP contribution in [0.15, 0.2) is 23.6 Å². The van der Waals surface area contributed by atoms with Gasteiger partial charge in [0.05, 0.1) is 17.5 Å². The molecule has 1 N–H and O–H groups in total. The number of hydrogen-bond acceptors (Lipinski definition) is 5.